The predicted molar refractivity (Wildman–Crippen MR) is 278 cm³/mol. The number of fused-ring (bicyclic) bond motifs is 6. The molecule has 2 heterocycles. The third-order valence-corrected chi connectivity index (χ3v) is 17.6. The summed E-state index contributed by atoms with van der Waals surface area (Å²) in [5, 5.41) is 16.8. The van der Waals surface area contributed by atoms with Gasteiger partial charge in [0.25, 0.3) is 0 Å². The molecule has 2 atom stereocenters. The van der Waals surface area contributed by atoms with E-state index in [0.29, 0.717) is 11.8 Å². The van der Waals surface area contributed by atoms with Gasteiger partial charge in [-0.25, -0.2) is 0 Å². The van der Waals surface area contributed by atoms with Gasteiger partial charge in [-0.1, -0.05) is 146 Å². The minimum Gasteiger partial charge on any atom is -0.308 e. The first-order valence-corrected chi connectivity index (χ1v) is 25.0. The monoisotopic (exact) mass is 866 g/mol. The summed E-state index contributed by atoms with van der Waals surface area (Å²) in [6.45, 7) is 0. The highest BCUT2D eigenvalue weighted by molar-refractivity contribution is 6.27. The maximum absolute atomic E-state index is 11.4. The van der Waals surface area contributed by atoms with Crippen molar-refractivity contribution in [3.63, 3.8) is 0 Å². The van der Waals surface area contributed by atoms with Crippen molar-refractivity contribution in [2.75, 3.05) is 0 Å². The van der Waals surface area contributed by atoms with Gasteiger partial charge in [0.1, 0.15) is 0 Å². The van der Waals surface area contributed by atoms with E-state index in [9.17, 15) is 5.26 Å². The Morgan fingerprint density at radius 3 is 1.46 bits per heavy atom. The van der Waals surface area contributed by atoms with Crippen LogP contribution in [-0.4, -0.2) is 4.40 Å². The summed E-state index contributed by atoms with van der Waals surface area (Å²) in [5.74, 6) is 2.87. The number of hydrogen-bond acceptors (Lipinski definition) is 1. The maximum atomic E-state index is 11.4. The van der Waals surface area contributed by atoms with Crippen LogP contribution in [-0.2, 0) is 0 Å². The Kier molecular flexibility index (Phi) is 7.52. The topological polar surface area (TPSA) is 28.2 Å². The second-order valence-electron chi connectivity index (χ2n) is 20.9. The van der Waals surface area contributed by atoms with Gasteiger partial charge < -0.3 is 4.40 Å². The van der Waals surface area contributed by atoms with Crippen LogP contribution in [0.2, 0.25) is 0 Å². The van der Waals surface area contributed by atoms with Crippen molar-refractivity contribution in [3.05, 3.63) is 232 Å². The highest BCUT2D eigenvalue weighted by Gasteiger charge is 2.46. The number of nitrogens with zero attached hydrogens (tertiary/aromatic N) is 2. The van der Waals surface area contributed by atoms with Gasteiger partial charge in [0.15, 0.2) is 0 Å². The summed E-state index contributed by atoms with van der Waals surface area (Å²) < 4.78 is 2.62. The molecule has 0 saturated heterocycles. The lowest BCUT2D eigenvalue weighted by Gasteiger charge is -2.43. The first-order chi connectivity index (χ1) is 33.7. The lowest BCUT2D eigenvalue weighted by Crippen LogP contribution is -2.28. The van der Waals surface area contributed by atoms with Crippen molar-refractivity contribution >= 4 is 38.1 Å². The first kappa shape index (κ1) is 37.4. The molecule has 18 rings (SSSR count). The summed E-state index contributed by atoms with van der Waals surface area (Å²) in [7, 11) is 0. The highest BCUT2D eigenvalue weighted by Crippen LogP contribution is 2.62. The molecule has 0 amide bonds. The van der Waals surface area contributed by atoms with Crippen LogP contribution in [0.4, 0.5) is 0 Å². The summed E-state index contributed by atoms with van der Waals surface area (Å²) in [4.78, 5) is 0. The van der Waals surface area contributed by atoms with Gasteiger partial charge in [-0.2, -0.15) is 5.26 Å². The van der Waals surface area contributed by atoms with E-state index in [0.717, 1.165) is 17.4 Å². The molecule has 320 valence electrons. The van der Waals surface area contributed by atoms with Crippen LogP contribution in [0.1, 0.15) is 106 Å². The highest BCUT2D eigenvalue weighted by atomic mass is 14.9. The Morgan fingerprint density at radius 2 is 0.897 bits per heavy atom. The van der Waals surface area contributed by atoms with Gasteiger partial charge in [-0.05, 0) is 181 Å². The average molecular weight is 867 g/mol. The normalized spacial score (nSPS) is 21.5. The Balaban J connectivity index is 1.10. The number of benzene rings is 9. The lowest BCUT2D eigenvalue weighted by atomic mass is 9.59. The second kappa shape index (κ2) is 13.7. The van der Waals surface area contributed by atoms with E-state index >= 15 is 0 Å². The predicted octanol–water partition coefficient (Wildman–Crippen LogP) is 16.8. The number of nitriles is 1. The molecular formula is C66H46N2. The zero-order valence-corrected chi connectivity index (χ0v) is 37.7. The molecular weight excluding hydrogens is 821 g/mol. The van der Waals surface area contributed by atoms with E-state index in [1.54, 1.807) is 11.1 Å². The lowest BCUT2D eigenvalue weighted by molar-refractivity contribution is 0.166. The Hall–Kier alpha value is -7.73. The van der Waals surface area contributed by atoms with Gasteiger partial charge >= 0.3 is 0 Å². The molecule has 7 aliphatic carbocycles. The Bertz CT molecular complexity index is 3860. The van der Waals surface area contributed by atoms with Gasteiger partial charge in [0.2, 0.25) is 0 Å². The molecule has 2 fully saturated rings. The van der Waals surface area contributed by atoms with Crippen LogP contribution in [0.15, 0.2) is 182 Å². The fourth-order valence-corrected chi connectivity index (χ4v) is 15.3. The van der Waals surface area contributed by atoms with Gasteiger partial charge in [0, 0.05) is 33.4 Å². The fraction of sp³-hybridized carbons (Fsp3) is 0.167. The summed E-state index contributed by atoms with van der Waals surface area (Å²) in [6.07, 6.45) is 6.69. The van der Waals surface area contributed by atoms with Crippen molar-refractivity contribution in [2.24, 2.45) is 11.8 Å². The van der Waals surface area contributed by atoms with Crippen molar-refractivity contribution in [3.8, 4) is 50.6 Å². The molecule has 0 aliphatic heterocycles. The molecule has 2 aromatic heterocycles. The van der Waals surface area contributed by atoms with E-state index in [-0.39, 0.29) is 11.8 Å². The van der Waals surface area contributed by atoms with E-state index in [1.807, 2.05) is 0 Å². The summed E-state index contributed by atoms with van der Waals surface area (Å²) in [6, 6.07) is 71.4. The van der Waals surface area contributed by atoms with E-state index < -0.39 is 0 Å². The fourth-order valence-electron chi connectivity index (χ4n) is 15.3. The van der Waals surface area contributed by atoms with Crippen molar-refractivity contribution < 1.29 is 0 Å². The van der Waals surface area contributed by atoms with Crippen LogP contribution in [0.25, 0.3) is 82.6 Å². The first-order valence-electron chi connectivity index (χ1n) is 25.0. The van der Waals surface area contributed by atoms with Crippen LogP contribution in [0.5, 0.6) is 0 Å². The number of aromatic nitrogens is 1. The molecule has 7 aliphatic rings. The Labute approximate surface area is 396 Å². The number of hydrogen-bond donors (Lipinski definition) is 0. The van der Waals surface area contributed by atoms with Crippen LogP contribution in [0.3, 0.4) is 0 Å². The zero-order valence-electron chi connectivity index (χ0n) is 37.7. The third kappa shape index (κ3) is 4.91. The van der Waals surface area contributed by atoms with Crippen molar-refractivity contribution in [1.82, 2.24) is 4.40 Å². The molecule has 68 heavy (non-hydrogen) atoms. The zero-order chi connectivity index (χ0) is 44.4. The van der Waals surface area contributed by atoms with Crippen molar-refractivity contribution in [2.45, 2.75) is 55.8 Å². The molecule has 2 unspecified atom stereocenters. The second-order valence-corrected chi connectivity index (χ2v) is 20.9. The molecule has 0 N–H and O–H groups in total. The minimum atomic E-state index is -0.000804. The van der Waals surface area contributed by atoms with Crippen molar-refractivity contribution in [1.29, 1.82) is 5.26 Å². The molecule has 2 heteroatoms. The third-order valence-electron chi connectivity index (χ3n) is 17.6. The number of rotatable bonds is 4. The SMILES string of the molecule is N#Cc1cc2c(c3c1C1c4ccccc4C3c3ccccc31)c1cc(-c3c(-c4ccccc4)cc(-c4ccccc4)cc3-c3ccccc3)cc3c4c5c(ccc4n2c31)C1CC2CC(C1)CC5C2. The van der Waals surface area contributed by atoms with Crippen LogP contribution >= 0.6 is 0 Å². The summed E-state index contributed by atoms with van der Waals surface area (Å²) >= 11 is 0. The van der Waals surface area contributed by atoms with Gasteiger partial charge in [0.05, 0.1) is 28.2 Å². The van der Waals surface area contributed by atoms with Gasteiger partial charge in [-0.15, -0.1) is 0 Å². The molecule has 6 bridgehead atoms. The quantitative estimate of drug-likeness (QED) is 0.173. The van der Waals surface area contributed by atoms with Crippen LogP contribution in [0, 0.1) is 23.2 Å². The van der Waals surface area contributed by atoms with Gasteiger partial charge in [-0.3, -0.25) is 0 Å². The smallest absolute Gasteiger partial charge is 0.0995 e. The van der Waals surface area contributed by atoms with E-state index in [4.69, 9.17) is 0 Å². The molecule has 0 radical (unpaired) electrons. The molecule has 2 saturated carbocycles. The van der Waals surface area contributed by atoms with E-state index in [2.05, 4.69) is 192 Å². The molecule has 9 aromatic carbocycles. The molecule has 11 aromatic rings. The Morgan fingerprint density at radius 1 is 0.397 bits per heavy atom. The average Bonchev–Trinajstić information content (AvgIpc) is 3.85. The largest absolute Gasteiger partial charge is 0.308 e. The standard InChI is InChI=1S/C66H46N2/c67-36-46-35-57-64(65-60(46)61-48-20-10-12-22-50(48)62(65)51-23-13-11-21-49(51)61)55-34-45(33-54-63-56(68(57)66(54)55)25-24-47-43-27-37-26-38(28-43)30-44(29-37)59(47)63)58-52(40-16-6-2-7-17-40)31-42(39-14-4-1-5-15-39)32-53(58)41-18-8-3-9-19-41/h1-25,31-35,37-38,43-44,61-62H,26-30H2. The maximum Gasteiger partial charge on any atom is 0.0995 e. The van der Waals surface area contributed by atoms with Crippen LogP contribution < -0.4 is 0 Å². The molecule has 0 spiro atoms. The summed E-state index contributed by atoms with van der Waals surface area (Å²) in [5.41, 5.74) is 25.6. The molecule has 2 nitrogen and oxygen atoms in total. The minimum absolute atomic E-state index is 0.000804. The van der Waals surface area contributed by atoms with E-state index in [1.165, 1.54) is 148 Å².